The third-order valence-electron chi connectivity index (χ3n) is 3.21. The number of nitrogen functional groups attached to an aromatic ring is 1. The van der Waals surface area contributed by atoms with E-state index in [1.165, 1.54) is 4.31 Å². The van der Waals surface area contributed by atoms with Gasteiger partial charge in [0.05, 0.1) is 11.9 Å². The van der Waals surface area contributed by atoms with Crippen molar-refractivity contribution in [3.63, 3.8) is 0 Å². The van der Waals surface area contributed by atoms with Crippen LogP contribution in [0.2, 0.25) is 0 Å². The Labute approximate surface area is 107 Å². The SMILES string of the molecule is Nc1ccccc1CS(=O)(=O)N1CCC(O)CC1. The summed E-state index contributed by atoms with van der Waals surface area (Å²) in [6.07, 6.45) is 0.630. The van der Waals surface area contributed by atoms with Crippen LogP contribution in [-0.2, 0) is 15.8 Å². The number of para-hydroxylation sites is 1. The fourth-order valence-electron chi connectivity index (χ4n) is 2.07. The van der Waals surface area contributed by atoms with Gasteiger partial charge >= 0.3 is 0 Å². The maximum atomic E-state index is 12.2. The summed E-state index contributed by atoms with van der Waals surface area (Å²) in [4.78, 5) is 0. The third kappa shape index (κ3) is 3.01. The van der Waals surface area contributed by atoms with Gasteiger partial charge in [-0.15, -0.1) is 0 Å². The summed E-state index contributed by atoms with van der Waals surface area (Å²) in [5, 5.41) is 9.39. The van der Waals surface area contributed by atoms with Crippen molar-refractivity contribution in [3.8, 4) is 0 Å². The fraction of sp³-hybridized carbons (Fsp3) is 0.500. The first-order valence-corrected chi connectivity index (χ1v) is 7.59. The highest BCUT2D eigenvalue weighted by Gasteiger charge is 2.27. The van der Waals surface area contributed by atoms with Crippen molar-refractivity contribution in [2.75, 3.05) is 18.8 Å². The molecule has 6 heteroatoms. The lowest BCUT2D eigenvalue weighted by molar-refractivity contribution is 0.113. The first-order chi connectivity index (χ1) is 8.49. The van der Waals surface area contributed by atoms with Crippen LogP contribution in [0, 0.1) is 0 Å². The Morgan fingerprint density at radius 2 is 1.89 bits per heavy atom. The second-order valence-corrected chi connectivity index (χ2v) is 6.55. The molecule has 1 aliphatic heterocycles. The molecule has 0 saturated carbocycles. The summed E-state index contributed by atoms with van der Waals surface area (Å²) in [7, 11) is -3.34. The van der Waals surface area contributed by atoms with Crippen molar-refractivity contribution in [3.05, 3.63) is 29.8 Å². The number of sulfonamides is 1. The Balaban J connectivity index is 2.10. The predicted molar refractivity (Wildman–Crippen MR) is 70.3 cm³/mol. The highest BCUT2D eigenvalue weighted by Crippen LogP contribution is 2.20. The van der Waals surface area contributed by atoms with Crippen LogP contribution in [0.15, 0.2) is 24.3 Å². The van der Waals surface area contributed by atoms with Gasteiger partial charge in [-0.1, -0.05) is 18.2 Å². The normalized spacial score (nSPS) is 18.9. The lowest BCUT2D eigenvalue weighted by Gasteiger charge is -2.28. The van der Waals surface area contributed by atoms with Gasteiger partial charge in [-0.3, -0.25) is 0 Å². The first kappa shape index (κ1) is 13.3. The first-order valence-electron chi connectivity index (χ1n) is 5.98. The van der Waals surface area contributed by atoms with Crippen LogP contribution in [0.25, 0.3) is 0 Å². The fourth-order valence-corrected chi connectivity index (χ4v) is 3.68. The molecule has 0 spiro atoms. The average molecular weight is 270 g/mol. The molecule has 0 amide bonds. The minimum Gasteiger partial charge on any atom is -0.398 e. The lowest BCUT2D eigenvalue weighted by Crippen LogP contribution is -2.40. The molecule has 5 nitrogen and oxygen atoms in total. The zero-order valence-corrected chi connectivity index (χ0v) is 10.9. The maximum absolute atomic E-state index is 12.2. The Bertz CT molecular complexity index is 508. The van der Waals surface area contributed by atoms with Crippen LogP contribution in [-0.4, -0.2) is 37.0 Å². The molecule has 2 rings (SSSR count). The summed E-state index contributed by atoms with van der Waals surface area (Å²) in [5.41, 5.74) is 6.88. The van der Waals surface area contributed by atoms with E-state index in [-0.39, 0.29) is 11.9 Å². The van der Waals surface area contributed by atoms with E-state index in [1.807, 2.05) is 0 Å². The van der Waals surface area contributed by atoms with Gasteiger partial charge in [0, 0.05) is 18.8 Å². The standard InChI is InChI=1S/C12H18N2O3S/c13-12-4-2-1-3-10(12)9-18(16,17)14-7-5-11(15)6-8-14/h1-4,11,15H,5-9,13H2. The van der Waals surface area contributed by atoms with Crippen LogP contribution in [0.4, 0.5) is 5.69 Å². The third-order valence-corrected chi connectivity index (χ3v) is 5.04. The number of nitrogens with zero attached hydrogens (tertiary/aromatic N) is 1. The number of benzene rings is 1. The highest BCUT2D eigenvalue weighted by atomic mass is 32.2. The molecule has 0 aliphatic carbocycles. The topological polar surface area (TPSA) is 83.6 Å². The van der Waals surface area contributed by atoms with Crippen molar-refractivity contribution in [2.45, 2.75) is 24.7 Å². The molecule has 18 heavy (non-hydrogen) atoms. The number of anilines is 1. The number of rotatable bonds is 3. The lowest BCUT2D eigenvalue weighted by atomic mass is 10.1. The van der Waals surface area contributed by atoms with Gasteiger partial charge < -0.3 is 10.8 Å². The summed E-state index contributed by atoms with van der Waals surface area (Å²) in [6.45, 7) is 0.770. The quantitative estimate of drug-likeness (QED) is 0.786. The van der Waals surface area contributed by atoms with E-state index in [9.17, 15) is 13.5 Å². The highest BCUT2D eigenvalue weighted by molar-refractivity contribution is 7.88. The summed E-state index contributed by atoms with van der Waals surface area (Å²) in [6, 6.07) is 6.99. The van der Waals surface area contributed by atoms with Crippen molar-refractivity contribution >= 4 is 15.7 Å². The molecule has 0 radical (unpaired) electrons. The molecule has 1 saturated heterocycles. The molecule has 1 aromatic rings. The second-order valence-electron chi connectivity index (χ2n) is 4.59. The molecular weight excluding hydrogens is 252 g/mol. The van der Waals surface area contributed by atoms with E-state index in [1.54, 1.807) is 24.3 Å². The van der Waals surface area contributed by atoms with Gasteiger partial charge in [0.2, 0.25) is 10.0 Å². The van der Waals surface area contributed by atoms with Crippen LogP contribution in [0.3, 0.4) is 0 Å². The van der Waals surface area contributed by atoms with Crippen molar-refractivity contribution < 1.29 is 13.5 Å². The Kier molecular flexibility index (Phi) is 3.89. The largest absolute Gasteiger partial charge is 0.398 e. The molecule has 0 atom stereocenters. The van der Waals surface area contributed by atoms with E-state index in [2.05, 4.69) is 0 Å². The Morgan fingerprint density at radius 1 is 1.28 bits per heavy atom. The van der Waals surface area contributed by atoms with Gasteiger partial charge in [0.25, 0.3) is 0 Å². The number of aliphatic hydroxyl groups excluding tert-OH is 1. The number of aliphatic hydroxyl groups is 1. The predicted octanol–water partition coefficient (Wildman–Crippen LogP) is 0.555. The van der Waals surface area contributed by atoms with Gasteiger partial charge in [-0.05, 0) is 24.5 Å². The monoisotopic (exact) mass is 270 g/mol. The minimum atomic E-state index is -3.34. The van der Waals surface area contributed by atoms with Gasteiger partial charge in [0.1, 0.15) is 0 Å². The number of nitrogens with two attached hydrogens (primary N) is 1. The minimum absolute atomic E-state index is 0.0736. The Morgan fingerprint density at radius 3 is 2.50 bits per heavy atom. The summed E-state index contributed by atoms with van der Waals surface area (Å²) in [5.74, 6) is -0.0736. The number of hydrogen-bond acceptors (Lipinski definition) is 4. The zero-order valence-electron chi connectivity index (χ0n) is 10.1. The van der Waals surface area contributed by atoms with Crippen LogP contribution in [0.5, 0.6) is 0 Å². The molecule has 0 aromatic heterocycles. The van der Waals surface area contributed by atoms with Crippen molar-refractivity contribution in [1.82, 2.24) is 4.31 Å². The van der Waals surface area contributed by atoms with Gasteiger partial charge in [-0.25, -0.2) is 12.7 Å². The molecule has 1 fully saturated rings. The van der Waals surface area contributed by atoms with Crippen LogP contribution < -0.4 is 5.73 Å². The van der Waals surface area contributed by atoms with Gasteiger partial charge in [-0.2, -0.15) is 0 Å². The van der Waals surface area contributed by atoms with E-state index >= 15 is 0 Å². The number of piperidine rings is 1. The Hall–Kier alpha value is -1.11. The van der Waals surface area contributed by atoms with E-state index < -0.39 is 10.0 Å². The molecule has 0 bridgehead atoms. The van der Waals surface area contributed by atoms with Gasteiger partial charge in [0.15, 0.2) is 0 Å². The second kappa shape index (κ2) is 5.26. The number of hydrogen-bond donors (Lipinski definition) is 2. The van der Waals surface area contributed by atoms with E-state index in [0.717, 1.165) is 0 Å². The van der Waals surface area contributed by atoms with Crippen LogP contribution >= 0.6 is 0 Å². The average Bonchev–Trinajstić information content (AvgIpc) is 2.32. The molecular formula is C12H18N2O3S. The van der Waals surface area contributed by atoms with E-state index in [0.29, 0.717) is 37.2 Å². The van der Waals surface area contributed by atoms with E-state index in [4.69, 9.17) is 5.73 Å². The molecule has 3 N–H and O–H groups in total. The summed E-state index contributed by atoms with van der Waals surface area (Å²) >= 11 is 0. The zero-order chi connectivity index (χ0) is 13.2. The van der Waals surface area contributed by atoms with Crippen molar-refractivity contribution in [1.29, 1.82) is 0 Å². The summed E-state index contributed by atoms with van der Waals surface area (Å²) < 4.78 is 25.8. The van der Waals surface area contributed by atoms with Crippen molar-refractivity contribution in [2.24, 2.45) is 0 Å². The van der Waals surface area contributed by atoms with Crippen LogP contribution in [0.1, 0.15) is 18.4 Å². The molecule has 0 unspecified atom stereocenters. The molecule has 1 aromatic carbocycles. The maximum Gasteiger partial charge on any atom is 0.218 e. The molecule has 100 valence electrons. The molecule has 1 aliphatic rings. The smallest absolute Gasteiger partial charge is 0.218 e. The molecule has 1 heterocycles.